The van der Waals surface area contributed by atoms with Gasteiger partial charge in [0.05, 0.1) is 11.0 Å². The van der Waals surface area contributed by atoms with Crippen LogP contribution in [0.4, 0.5) is 18.9 Å². The predicted molar refractivity (Wildman–Crippen MR) is 84.6 cm³/mol. The third-order valence-corrected chi connectivity index (χ3v) is 3.72. The van der Waals surface area contributed by atoms with E-state index in [1.54, 1.807) is 42.5 Å². The highest BCUT2D eigenvalue weighted by atomic mass is 19.4. The molecule has 7 heteroatoms. The fourth-order valence-electron chi connectivity index (χ4n) is 2.49. The second-order valence-electron chi connectivity index (χ2n) is 5.30. The molecular weight excluding hydrogens is 319 g/mol. The maximum absolute atomic E-state index is 13.3. The van der Waals surface area contributed by atoms with Crippen molar-refractivity contribution < 1.29 is 18.0 Å². The van der Waals surface area contributed by atoms with Gasteiger partial charge in [0.25, 0.3) is 0 Å². The quantitative estimate of drug-likeness (QED) is 0.733. The molecule has 0 bridgehead atoms. The number of amides is 1. The summed E-state index contributed by atoms with van der Waals surface area (Å²) in [6, 6.07) is 15.0. The van der Waals surface area contributed by atoms with Crippen LogP contribution in [0.2, 0.25) is 0 Å². The molecule has 2 aromatic carbocycles. The van der Waals surface area contributed by atoms with Gasteiger partial charge in [-0.25, -0.2) is 4.98 Å². The first kappa shape index (κ1) is 16.0. The van der Waals surface area contributed by atoms with Crippen LogP contribution >= 0.6 is 0 Å². The van der Waals surface area contributed by atoms with Gasteiger partial charge in [-0.15, -0.1) is 0 Å². The number of hydrogen-bond acceptors (Lipinski definition) is 2. The number of rotatable bonds is 3. The number of alkyl halides is 3. The average molecular weight is 333 g/mol. The molecule has 0 aliphatic carbocycles. The summed E-state index contributed by atoms with van der Waals surface area (Å²) >= 11 is 0. The van der Waals surface area contributed by atoms with Crippen molar-refractivity contribution >= 4 is 22.6 Å². The molecule has 0 aliphatic rings. The van der Waals surface area contributed by atoms with Gasteiger partial charge in [0, 0.05) is 12.7 Å². The zero-order chi connectivity index (χ0) is 17.3. The lowest BCUT2D eigenvalue weighted by molar-refractivity contribution is -0.147. The van der Waals surface area contributed by atoms with Gasteiger partial charge in [0.2, 0.25) is 11.7 Å². The molecule has 1 aromatic heterocycles. The van der Waals surface area contributed by atoms with Gasteiger partial charge in [0.15, 0.2) is 0 Å². The van der Waals surface area contributed by atoms with E-state index in [1.165, 1.54) is 24.1 Å². The zero-order valence-corrected chi connectivity index (χ0v) is 12.8. The molecule has 0 fully saturated rings. The largest absolute Gasteiger partial charge is 0.449 e. The van der Waals surface area contributed by atoms with Gasteiger partial charge >= 0.3 is 6.18 Å². The van der Waals surface area contributed by atoms with Crippen LogP contribution in [0.3, 0.4) is 0 Å². The van der Waals surface area contributed by atoms with E-state index >= 15 is 0 Å². The number of halogens is 3. The Morgan fingerprint density at radius 2 is 1.71 bits per heavy atom. The van der Waals surface area contributed by atoms with E-state index in [-0.39, 0.29) is 11.0 Å². The molecule has 24 heavy (non-hydrogen) atoms. The van der Waals surface area contributed by atoms with Crippen molar-refractivity contribution in [2.75, 3.05) is 11.9 Å². The predicted octanol–water partition coefficient (Wildman–Crippen LogP) is 3.72. The van der Waals surface area contributed by atoms with Gasteiger partial charge in [-0.05, 0) is 24.3 Å². The van der Waals surface area contributed by atoms with E-state index in [1.807, 2.05) is 0 Å². The Balaban J connectivity index is 1.99. The highest BCUT2D eigenvalue weighted by Crippen LogP contribution is 2.31. The summed E-state index contributed by atoms with van der Waals surface area (Å²) in [6.07, 6.45) is -4.63. The van der Waals surface area contributed by atoms with Crippen LogP contribution in [0.5, 0.6) is 0 Å². The molecule has 3 rings (SSSR count). The minimum atomic E-state index is -4.63. The van der Waals surface area contributed by atoms with Gasteiger partial charge in [0.1, 0.15) is 6.54 Å². The molecule has 1 amide bonds. The number of benzene rings is 2. The molecule has 3 aromatic rings. The van der Waals surface area contributed by atoms with Crippen molar-refractivity contribution in [3.8, 4) is 0 Å². The van der Waals surface area contributed by atoms with Crippen LogP contribution in [0, 0.1) is 0 Å². The fraction of sp³-hybridized carbons (Fsp3) is 0.176. The minimum absolute atomic E-state index is 0.208. The van der Waals surface area contributed by atoms with Crippen LogP contribution < -0.4 is 4.90 Å². The van der Waals surface area contributed by atoms with Crippen molar-refractivity contribution in [3.05, 3.63) is 60.4 Å². The summed E-state index contributed by atoms with van der Waals surface area (Å²) in [5.74, 6) is -1.53. The molecule has 1 heterocycles. The Bertz CT molecular complexity index is 872. The Morgan fingerprint density at radius 1 is 1.08 bits per heavy atom. The number of hydrogen-bond donors (Lipinski definition) is 0. The van der Waals surface area contributed by atoms with E-state index in [9.17, 15) is 18.0 Å². The zero-order valence-electron chi connectivity index (χ0n) is 12.8. The molecule has 0 atom stereocenters. The number of para-hydroxylation sites is 3. The summed E-state index contributed by atoms with van der Waals surface area (Å²) in [5, 5.41) is 0. The standard InChI is InChI=1S/C17H14F3N3O/c1-22(12-7-3-2-4-8-12)15(24)11-23-14-10-6-5-9-13(14)21-16(23)17(18,19)20/h2-10H,11H2,1H3. The number of carbonyl (C=O) groups is 1. The minimum Gasteiger partial charge on any atom is -0.314 e. The summed E-state index contributed by atoms with van der Waals surface area (Å²) < 4.78 is 40.7. The van der Waals surface area contributed by atoms with Crippen LogP contribution in [0.15, 0.2) is 54.6 Å². The molecule has 0 saturated carbocycles. The normalized spacial score (nSPS) is 11.7. The van der Waals surface area contributed by atoms with Crippen molar-refractivity contribution in [2.24, 2.45) is 0 Å². The first-order valence-electron chi connectivity index (χ1n) is 7.22. The van der Waals surface area contributed by atoms with Gasteiger partial charge in [-0.2, -0.15) is 13.2 Å². The molecule has 0 N–H and O–H groups in total. The average Bonchev–Trinajstić information content (AvgIpc) is 2.94. The smallest absolute Gasteiger partial charge is 0.314 e. The van der Waals surface area contributed by atoms with E-state index in [2.05, 4.69) is 4.98 Å². The maximum atomic E-state index is 13.3. The van der Waals surface area contributed by atoms with Crippen LogP contribution in [-0.2, 0) is 17.5 Å². The van der Waals surface area contributed by atoms with Gasteiger partial charge in [-0.3, -0.25) is 4.79 Å². The number of nitrogens with zero attached hydrogens (tertiary/aromatic N) is 3. The Kier molecular flexibility index (Phi) is 4.01. The number of carbonyl (C=O) groups excluding carboxylic acids is 1. The highest BCUT2D eigenvalue weighted by molar-refractivity contribution is 5.93. The molecule has 0 saturated heterocycles. The molecule has 124 valence electrons. The van der Waals surface area contributed by atoms with Crippen molar-refractivity contribution in [1.82, 2.24) is 9.55 Å². The molecule has 0 unspecified atom stereocenters. The van der Waals surface area contributed by atoms with Crippen LogP contribution in [-0.4, -0.2) is 22.5 Å². The summed E-state index contributed by atoms with van der Waals surface area (Å²) in [7, 11) is 1.53. The molecule has 0 aliphatic heterocycles. The lowest BCUT2D eigenvalue weighted by Crippen LogP contribution is -2.31. The highest BCUT2D eigenvalue weighted by Gasteiger charge is 2.38. The lowest BCUT2D eigenvalue weighted by atomic mass is 10.3. The SMILES string of the molecule is CN(C(=O)Cn1c(C(F)(F)F)nc2ccccc21)c1ccccc1. The molecule has 0 radical (unpaired) electrons. The molecular formula is C17H14F3N3O. The van der Waals surface area contributed by atoms with Crippen molar-refractivity contribution in [3.63, 3.8) is 0 Å². The third-order valence-electron chi connectivity index (χ3n) is 3.72. The topological polar surface area (TPSA) is 38.1 Å². The maximum Gasteiger partial charge on any atom is 0.449 e. The monoisotopic (exact) mass is 333 g/mol. The van der Waals surface area contributed by atoms with Gasteiger partial charge in [-0.1, -0.05) is 30.3 Å². The summed E-state index contributed by atoms with van der Waals surface area (Å²) in [4.78, 5) is 17.4. The number of likely N-dealkylation sites (N-methyl/N-ethyl adjacent to an activating group) is 1. The number of aromatic nitrogens is 2. The second-order valence-corrected chi connectivity index (χ2v) is 5.30. The Labute approximate surface area is 136 Å². The van der Waals surface area contributed by atoms with E-state index in [4.69, 9.17) is 0 Å². The second kappa shape index (κ2) is 5.99. The Morgan fingerprint density at radius 3 is 2.38 bits per heavy atom. The van der Waals surface area contributed by atoms with Crippen molar-refractivity contribution in [2.45, 2.75) is 12.7 Å². The third kappa shape index (κ3) is 2.97. The van der Waals surface area contributed by atoms with Crippen LogP contribution in [0.25, 0.3) is 11.0 Å². The first-order chi connectivity index (χ1) is 11.4. The van der Waals surface area contributed by atoms with E-state index in [0.717, 1.165) is 4.57 Å². The number of imidazole rings is 1. The Hall–Kier alpha value is -2.83. The fourth-order valence-corrected chi connectivity index (χ4v) is 2.49. The first-order valence-corrected chi connectivity index (χ1v) is 7.22. The summed E-state index contributed by atoms with van der Waals surface area (Å²) in [6.45, 7) is -0.444. The van der Waals surface area contributed by atoms with Gasteiger partial charge < -0.3 is 9.47 Å². The number of fused-ring (bicyclic) bond motifs is 1. The summed E-state index contributed by atoms with van der Waals surface area (Å²) in [5.41, 5.74) is 1.10. The molecule has 0 spiro atoms. The van der Waals surface area contributed by atoms with E-state index in [0.29, 0.717) is 5.69 Å². The lowest BCUT2D eigenvalue weighted by Gasteiger charge is -2.19. The van der Waals surface area contributed by atoms with Crippen molar-refractivity contribution in [1.29, 1.82) is 0 Å². The van der Waals surface area contributed by atoms with Crippen LogP contribution in [0.1, 0.15) is 5.82 Å². The molecule has 4 nitrogen and oxygen atoms in total. The van der Waals surface area contributed by atoms with E-state index < -0.39 is 24.5 Å². The number of anilines is 1.